The molecule has 18 heavy (non-hydrogen) atoms. The molecule has 7 heteroatoms. The molecule has 2 heterocycles. The lowest BCUT2D eigenvalue weighted by atomic mass is 10.3. The minimum atomic E-state index is 0.583. The van der Waals surface area contributed by atoms with E-state index in [4.69, 9.17) is 4.74 Å². The first-order chi connectivity index (χ1) is 8.81. The molecule has 0 aromatic carbocycles. The summed E-state index contributed by atoms with van der Waals surface area (Å²) in [5.74, 6) is 2.03. The van der Waals surface area contributed by atoms with Crippen LogP contribution in [0.4, 0.5) is 5.82 Å². The molecule has 1 N–H and O–H groups in total. The summed E-state index contributed by atoms with van der Waals surface area (Å²) in [5.41, 5.74) is 0.896. The molecule has 0 radical (unpaired) electrons. The SMILES string of the molecule is CCOc1ncnc(NCCc2ncon2)c1C. The summed E-state index contributed by atoms with van der Waals surface area (Å²) >= 11 is 0. The Morgan fingerprint density at radius 3 is 2.94 bits per heavy atom. The average molecular weight is 249 g/mol. The predicted octanol–water partition coefficient (Wildman–Crippen LogP) is 1.22. The Hall–Kier alpha value is -2.18. The van der Waals surface area contributed by atoms with Gasteiger partial charge in [0.2, 0.25) is 12.3 Å². The normalized spacial score (nSPS) is 10.3. The maximum Gasteiger partial charge on any atom is 0.221 e. The van der Waals surface area contributed by atoms with Crippen LogP contribution in [-0.4, -0.2) is 33.3 Å². The largest absolute Gasteiger partial charge is 0.478 e. The van der Waals surface area contributed by atoms with Crippen LogP contribution in [0.2, 0.25) is 0 Å². The number of hydrogen-bond acceptors (Lipinski definition) is 7. The van der Waals surface area contributed by atoms with Crippen molar-refractivity contribution in [3.05, 3.63) is 24.1 Å². The van der Waals surface area contributed by atoms with E-state index in [1.807, 2.05) is 13.8 Å². The number of anilines is 1. The van der Waals surface area contributed by atoms with Crippen LogP contribution >= 0.6 is 0 Å². The lowest BCUT2D eigenvalue weighted by Gasteiger charge is -2.10. The Kier molecular flexibility index (Phi) is 4.06. The van der Waals surface area contributed by atoms with Gasteiger partial charge in [-0.25, -0.2) is 9.97 Å². The van der Waals surface area contributed by atoms with Crippen LogP contribution in [0.15, 0.2) is 17.2 Å². The summed E-state index contributed by atoms with van der Waals surface area (Å²) < 4.78 is 10.1. The lowest BCUT2D eigenvalue weighted by molar-refractivity contribution is 0.324. The van der Waals surface area contributed by atoms with Crippen molar-refractivity contribution < 1.29 is 9.26 Å². The fourth-order valence-electron chi connectivity index (χ4n) is 1.49. The molecule has 0 atom stereocenters. The summed E-state index contributed by atoms with van der Waals surface area (Å²) in [7, 11) is 0. The molecule has 0 amide bonds. The topological polar surface area (TPSA) is 86.0 Å². The Morgan fingerprint density at radius 1 is 1.33 bits per heavy atom. The standard InChI is InChI=1S/C11H15N5O2/c1-3-17-11-8(2)10(13-6-14-11)12-5-4-9-15-7-18-16-9/h6-7H,3-5H2,1-2H3,(H,12,13,14). The van der Waals surface area contributed by atoms with Crippen molar-refractivity contribution in [2.75, 3.05) is 18.5 Å². The number of aromatic nitrogens is 4. The second-order valence-corrected chi connectivity index (χ2v) is 3.61. The molecule has 0 unspecified atom stereocenters. The molecule has 0 bridgehead atoms. The molecule has 0 aliphatic heterocycles. The van der Waals surface area contributed by atoms with Crippen molar-refractivity contribution in [3.63, 3.8) is 0 Å². The van der Waals surface area contributed by atoms with Crippen molar-refractivity contribution in [1.82, 2.24) is 20.1 Å². The third-order valence-electron chi connectivity index (χ3n) is 2.37. The smallest absolute Gasteiger partial charge is 0.221 e. The summed E-state index contributed by atoms with van der Waals surface area (Å²) in [6, 6.07) is 0. The van der Waals surface area contributed by atoms with Gasteiger partial charge in [-0.3, -0.25) is 0 Å². The van der Waals surface area contributed by atoms with E-state index in [0.717, 1.165) is 11.4 Å². The first-order valence-electron chi connectivity index (χ1n) is 5.74. The zero-order valence-corrected chi connectivity index (χ0v) is 10.4. The van der Waals surface area contributed by atoms with E-state index >= 15 is 0 Å². The van der Waals surface area contributed by atoms with Crippen LogP contribution in [0, 0.1) is 6.92 Å². The maximum atomic E-state index is 5.40. The van der Waals surface area contributed by atoms with Crippen molar-refractivity contribution in [2.24, 2.45) is 0 Å². The highest BCUT2D eigenvalue weighted by Crippen LogP contribution is 2.19. The highest BCUT2D eigenvalue weighted by molar-refractivity contribution is 5.47. The van der Waals surface area contributed by atoms with Gasteiger partial charge in [-0.2, -0.15) is 4.98 Å². The fourth-order valence-corrected chi connectivity index (χ4v) is 1.49. The number of rotatable bonds is 6. The Balaban J connectivity index is 1.94. The number of ether oxygens (including phenoxy) is 1. The second kappa shape index (κ2) is 5.95. The van der Waals surface area contributed by atoms with Crippen molar-refractivity contribution in [3.8, 4) is 5.88 Å². The van der Waals surface area contributed by atoms with Crippen LogP contribution in [0.3, 0.4) is 0 Å². The summed E-state index contributed by atoms with van der Waals surface area (Å²) in [4.78, 5) is 12.2. The molecule has 0 saturated heterocycles. The summed E-state index contributed by atoms with van der Waals surface area (Å²) in [5, 5.41) is 6.93. The van der Waals surface area contributed by atoms with Crippen LogP contribution in [0.1, 0.15) is 18.3 Å². The molecule has 7 nitrogen and oxygen atoms in total. The van der Waals surface area contributed by atoms with Gasteiger partial charge >= 0.3 is 0 Å². The zero-order valence-electron chi connectivity index (χ0n) is 10.4. The summed E-state index contributed by atoms with van der Waals surface area (Å²) in [6.45, 7) is 5.09. The molecule has 2 rings (SSSR count). The van der Waals surface area contributed by atoms with E-state index in [0.29, 0.717) is 31.3 Å². The van der Waals surface area contributed by atoms with E-state index in [2.05, 4.69) is 29.9 Å². The van der Waals surface area contributed by atoms with Gasteiger partial charge < -0.3 is 14.6 Å². The number of hydrogen-bond donors (Lipinski definition) is 1. The van der Waals surface area contributed by atoms with Gasteiger partial charge in [0.15, 0.2) is 5.82 Å². The first-order valence-corrected chi connectivity index (χ1v) is 5.74. The van der Waals surface area contributed by atoms with E-state index in [-0.39, 0.29) is 0 Å². The Labute approximate surface area is 105 Å². The molecule has 96 valence electrons. The molecule has 0 aliphatic rings. The monoisotopic (exact) mass is 249 g/mol. The molecule has 0 spiro atoms. The third-order valence-corrected chi connectivity index (χ3v) is 2.37. The molecular formula is C11H15N5O2. The zero-order chi connectivity index (χ0) is 12.8. The Bertz CT molecular complexity index is 486. The van der Waals surface area contributed by atoms with Gasteiger partial charge in [0.05, 0.1) is 12.2 Å². The van der Waals surface area contributed by atoms with Crippen molar-refractivity contribution in [2.45, 2.75) is 20.3 Å². The lowest BCUT2D eigenvalue weighted by Crippen LogP contribution is -2.10. The third kappa shape index (κ3) is 2.93. The number of nitrogens with zero attached hydrogens (tertiary/aromatic N) is 4. The van der Waals surface area contributed by atoms with E-state index in [1.54, 1.807) is 0 Å². The van der Waals surface area contributed by atoms with Gasteiger partial charge in [0.1, 0.15) is 12.1 Å². The quantitative estimate of drug-likeness (QED) is 0.823. The van der Waals surface area contributed by atoms with Crippen molar-refractivity contribution >= 4 is 5.82 Å². The van der Waals surface area contributed by atoms with E-state index < -0.39 is 0 Å². The van der Waals surface area contributed by atoms with Gasteiger partial charge in [0.25, 0.3) is 0 Å². The van der Waals surface area contributed by atoms with E-state index in [9.17, 15) is 0 Å². The van der Waals surface area contributed by atoms with Crippen molar-refractivity contribution in [1.29, 1.82) is 0 Å². The fraction of sp³-hybridized carbons (Fsp3) is 0.455. The van der Waals surface area contributed by atoms with Crippen LogP contribution < -0.4 is 10.1 Å². The molecule has 2 aromatic rings. The van der Waals surface area contributed by atoms with Gasteiger partial charge in [-0.05, 0) is 13.8 Å². The van der Waals surface area contributed by atoms with Gasteiger partial charge in [0, 0.05) is 13.0 Å². The van der Waals surface area contributed by atoms with Crippen LogP contribution in [0.5, 0.6) is 5.88 Å². The molecule has 0 aliphatic carbocycles. The minimum absolute atomic E-state index is 0.583. The van der Waals surface area contributed by atoms with E-state index in [1.165, 1.54) is 12.7 Å². The number of nitrogens with one attached hydrogen (secondary N) is 1. The predicted molar refractivity (Wildman–Crippen MR) is 64.4 cm³/mol. The second-order valence-electron chi connectivity index (χ2n) is 3.61. The van der Waals surface area contributed by atoms with Gasteiger partial charge in [-0.15, -0.1) is 0 Å². The van der Waals surface area contributed by atoms with Gasteiger partial charge in [-0.1, -0.05) is 5.16 Å². The Morgan fingerprint density at radius 2 is 2.22 bits per heavy atom. The highest BCUT2D eigenvalue weighted by Gasteiger charge is 2.07. The maximum absolute atomic E-state index is 5.40. The molecular weight excluding hydrogens is 234 g/mol. The minimum Gasteiger partial charge on any atom is -0.478 e. The first kappa shape index (κ1) is 12.3. The highest BCUT2D eigenvalue weighted by atomic mass is 16.5. The van der Waals surface area contributed by atoms with Crippen LogP contribution in [0.25, 0.3) is 0 Å². The molecule has 0 fully saturated rings. The van der Waals surface area contributed by atoms with Crippen LogP contribution in [-0.2, 0) is 6.42 Å². The molecule has 2 aromatic heterocycles. The average Bonchev–Trinajstić information content (AvgIpc) is 2.87. The molecule has 0 saturated carbocycles. The summed E-state index contributed by atoms with van der Waals surface area (Å²) in [6.07, 6.45) is 3.47.